The van der Waals surface area contributed by atoms with Crippen LogP contribution in [-0.4, -0.2) is 51.5 Å². The zero-order valence-electron chi connectivity index (χ0n) is 16.2. The molecule has 1 spiro atoms. The van der Waals surface area contributed by atoms with Crippen molar-refractivity contribution >= 4 is 21.5 Å². The van der Waals surface area contributed by atoms with Gasteiger partial charge in [0.15, 0.2) is 0 Å². The average Bonchev–Trinajstić information content (AvgIpc) is 2.88. The third-order valence-corrected chi connectivity index (χ3v) is 6.46. The van der Waals surface area contributed by atoms with Crippen LogP contribution < -0.4 is 4.90 Å². The van der Waals surface area contributed by atoms with Gasteiger partial charge in [-0.3, -0.25) is 9.55 Å². The molecule has 2 aliphatic rings. The molecule has 6 nitrogen and oxygen atoms in total. The Morgan fingerprint density at radius 2 is 1.73 bits per heavy atom. The van der Waals surface area contributed by atoms with Crippen LogP contribution in [0, 0.1) is 0 Å². The van der Waals surface area contributed by atoms with Crippen LogP contribution in [0.1, 0.15) is 46.1 Å². The van der Waals surface area contributed by atoms with Crippen LogP contribution in [0.2, 0.25) is 0 Å². The lowest BCUT2D eigenvalue weighted by Crippen LogP contribution is -3.11. The van der Waals surface area contributed by atoms with Gasteiger partial charge in [-0.2, -0.15) is 8.42 Å². The van der Waals surface area contributed by atoms with E-state index in [2.05, 4.69) is 25.8 Å². The lowest BCUT2D eigenvalue weighted by molar-refractivity contribution is -0.894. The van der Waals surface area contributed by atoms with Crippen LogP contribution >= 0.6 is 0 Å². The van der Waals surface area contributed by atoms with Crippen LogP contribution in [0.3, 0.4) is 0 Å². The first-order valence-corrected chi connectivity index (χ1v) is 10.8. The van der Waals surface area contributed by atoms with Crippen LogP contribution in [0.4, 0.5) is 5.69 Å². The smallest absolute Gasteiger partial charge is 0.294 e. The molecule has 146 valence electrons. The second-order valence-electron chi connectivity index (χ2n) is 6.86. The van der Waals surface area contributed by atoms with Gasteiger partial charge in [-0.1, -0.05) is 0 Å². The summed E-state index contributed by atoms with van der Waals surface area (Å²) >= 11 is 0. The fourth-order valence-corrected chi connectivity index (χ4v) is 4.25. The number of nitrogens with one attached hydrogen (secondary N) is 1. The van der Waals surface area contributed by atoms with Gasteiger partial charge in [-0.15, -0.1) is 0 Å². The number of hydrogen-bond donors (Lipinski definition) is 2. The lowest BCUT2D eigenvalue weighted by Gasteiger charge is -2.34. The molecular formula is C19H31N2O4S+. The standard InChI is InChI=1S/C13H15NO4S.C6H15N/c1-9-13(4-6-18-7-5-13)11-8-10(19(15,16)17)2-3-12(11)14-9;1-4-7(5-2)6-3/h2-3,8H,4-7H2,1H3,(H,15,16,17);4-6H2,1-3H3/p+1. The number of benzene rings is 1. The van der Waals surface area contributed by atoms with Crippen molar-refractivity contribution in [3.05, 3.63) is 23.8 Å². The molecule has 0 amide bonds. The predicted molar refractivity (Wildman–Crippen MR) is 103 cm³/mol. The van der Waals surface area contributed by atoms with Crippen LogP contribution in [0.15, 0.2) is 28.1 Å². The van der Waals surface area contributed by atoms with Gasteiger partial charge >= 0.3 is 0 Å². The summed E-state index contributed by atoms with van der Waals surface area (Å²) < 4.78 is 37.1. The van der Waals surface area contributed by atoms with Gasteiger partial charge in [-0.05, 0) is 64.3 Å². The van der Waals surface area contributed by atoms with Crippen LogP contribution in [0.5, 0.6) is 0 Å². The zero-order chi connectivity index (χ0) is 19.4. The summed E-state index contributed by atoms with van der Waals surface area (Å²) in [5.41, 5.74) is 2.46. The van der Waals surface area contributed by atoms with E-state index < -0.39 is 10.1 Å². The van der Waals surface area contributed by atoms with Gasteiger partial charge in [0.2, 0.25) is 0 Å². The molecule has 0 saturated carbocycles. The third kappa shape index (κ3) is 4.34. The van der Waals surface area contributed by atoms with E-state index in [0.29, 0.717) is 13.2 Å². The van der Waals surface area contributed by atoms with Crippen molar-refractivity contribution in [3.8, 4) is 0 Å². The number of nitrogens with zero attached hydrogens (tertiary/aromatic N) is 1. The number of ether oxygens (including phenoxy) is 1. The van der Waals surface area contributed by atoms with Crippen molar-refractivity contribution in [3.63, 3.8) is 0 Å². The summed E-state index contributed by atoms with van der Waals surface area (Å²) in [5, 5.41) is 0. The average molecular weight is 384 g/mol. The SMILES string of the molecule is CC1=Nc2ccc(S(=O)(=O)O)cc2C12CCOCC2.CC[NH+](CC)CC. The molecule has 1 aromatic carbocycles. The minimum absolute atomic E-state index is 0.0676. The third-order valence-electron chi connectivity index (χ3n) is 5.61. The maximum atomic E-state index is 11.3. The first-order valence-electron chi connectivity index (χ1n) is 9.37. The monoisotopic (exact) mass is 383 g/mol. The maximum Gasteiger partial charge on any atom is 0.294 e. The molecule has 26 heavy (non-hydrogen) atoms. The number of fused-ring (bicyclic) bond motifs is 2. The summed E-state index contributed by atoms with van der Waals surface area (Å²) in [6, 6.07) is 4.60. The Morgan fingerprint density at radius 3 is 2.19 bits per heavy atom. The molecule has 0 unspecified atom stereocenters. The van der Waals surface area contributed by atoms with Gasteiger partial charge in [0, 0.05) is 24.3 Å². The minimum Gasteiger partial charge on any atom is -0.381 e. The van der Waals surface area contributed by atoms with Gasteiger partial charge in [0.25, 0.3) is 10.1 Å². The molecule has 3 rings (SSSR count). The molecule has 0 atom stereocenters. The number of quaternary nitrogens is 1. The Hall–Kier alpha value is -1.28. The van der Waals surface area contributed by atoms with Crippen molar-refractivity contribution in [1.82, 2.24) is 0 Å². The normalized spacial score (nSPS) is 18.3. The largest absolute Gasteiger partial charge is 0.381 e. The quantitative estimate of drug-likeness (QED) is 0.780. The van der Waals surface area contributed by atoms with Crippen LogP contribution in [0.25, 0.3) is 0 Å². The molecule has 0 aromatic heterocycles. The fourth-order valence-electron chi connectivity index (χ4n) is 3.74. The van der Waals surface area contributed by atoms with Crippen LogP contribution in [-0.2, 0) is 20.3 Å². The minimum atomic E-state index is -4.18. The van der Waals surface area contributed by atoms with E-state index in [0.717, 1.165) is 29.8 Å². The highest BCUT2D eigenvalue weighted by molar-refractivity contribution is 7.85. The molecule has 1 saturated heterocycles. The van der Waals surface area contributed by atoms with Crippen molar-refractivity contribution < 1.29 is 22.6 Å². The molecule has 1 aromatic rings. The second-order valence-corrected chi connectivity index (χ2v) is 8.28. The Balaban J connectivity index is 0.000000298. The first-order chi connectivity index (χ1) is 12.3. The van der Waals surface area contributed by atoms with Gasteiger partial charge in [0.1, 0.15) is 0 Å². The van der Waals surface area contributed by atoms with E-state index >= 15 is 0 Å². The molecule has 7 heteroatoms. The highest BCUT2D eigenvalue weighted by Crippen LogP contribution is 2.47. The molecule has 0 radical (unpaired) electrons. The number of aliphatic imine (C=N–C) groups is 1. The van der Waals surface area contributed by atoms with Gasteiger partial charge in [0.05, 0.1) is 30.2 Å². The first kappa shape index (κ1) is 21.0. The van der Waals surface area contributed by atoms with Crippen molar-refractivity contribution in [2.75, 3.05) is 32.8 Å². The summed E-state index contributed by atoms with van der Waals surface area (Å²) in [4.78, 5) is 6.15. The molecular weight excluding hydrogens is 352 g/mol. The Labute approximate surface area is 157 Å². The summed E-state index contributed by atoms with van der Waals surface area (Å²) in [6.45, 7) is 13.7. The zero-order valence-corrected chi connectivity index (χ0v) is 17.0. The van der Waals surface area contributed by atoms with E-state index in [1.807, 2.05) is 6.92 Å². The highest BCUT2D eigenvalue weighted by atomic mass is 32.2. The van der Waals surface area contributed by atoms with Crippen molar-refractivity contribution in [2.24, 2.45) is 4.99 Å². The van der Waals surface area contributed by atoms with E-state index in [-0.39, 0.29) is 10.3 Å². The number of hydrogen-bond acceptors (Lipinski definition) is 4. The lowest BCUT2D eigenvalue weighted by atomic mass is 9.72. The second kappa shape index (κ2) is 8.61. The van der Waals surface area contributed by atoms with Crippen molar-refractivity contribution in [2.45, 2.75) is 50.8 Å². The van der Waals surface area contributed by atoms with Gasteiger partial charge in [-0.25, -0.2) is 0 Å². The molecule has 0 aliphatic carbocycles. The van der Waals surface area contributed by atoms with Gasteiger partial charge < -0.3 is 9.64 Å². The molecule has 0 bridgehead atoms. The Kier molecular flexibility index (Phi) is 6.96. The van der Waals surface area contributed by atoms with E-state index in [4.69, 9.17) is 4.74 Å². The molecule has 2 aliphatic heterocycles. The molecule has 2 N–H and O–H groups in total. The molecule has 1 fully saturated rings. The Bertz CT molecular complexity index is 743. The van der Waals surface area contributed by atoms with E-state index in [1.54, 1.807) is 17.0 Å². The summed E-state index contributed by atoms with van der Waals surface area (Å²) in [7, 11) is -4.18. The summed E-state index contributed by atoms with van der Waals surface area (Å²) in [6.07, 6.45) is 1.59. The Morgan fingerprint density at radius 1 is 1.15 bits per heavy atom. The number of rotatable bonds is 4. The topological polar surface area (TPSA) is 80.4 Å². The highest BCUT2D eigenvalue weighted by Gasteiger charge is 2.42. The van der Waals surface area contributed by atoms with E-state index in [1.165, 1.54) is 25.7 Å². The fraction of sp³-hybridized carbons (Fsp3) is 0.632. The summed E-state index contributed by atoms with van der Waals surface area (Å²) in [5.74, 6) is 0. The van der Waals surface area contributed by atoms with E-state index in [9.17, 15) is 13.0 Å². The predicted octanol–water partition coefficient (Wildman–Crippen LogP) is 2.02. The van der Waals surface area contributed by atoms with Crippen molar-refractivity contribution in [1.29, 1.82) is 0 Å². The maximum absolute atomic E-state index is 11.3. The molecule has 2 heterocycles.